The van der Waals surface area contributed by atoms with Crippen LogP contribution in [0.15, 0.2) is 53.1 Å². The number of carbonyl (C=O) groups is 2. The van der Waals surface area contributed by atoms with Crippen LogP contribution in [0.5, 0.6) is 5.88 Å². The van der Waals surface area contributed by atoms with Crippen molar-refractivity contribution in [3.8, 4) is 17.0 Å². The van der Waals surface area contributed by atoms with Gasteiger partial charge in [0.25, 0.3) is 11.8 Å². The van der Waals surface area contributed by atoms with Gasteiger partial charge in [0.1, 0.15) is 5.82 Å². The second-order valence-electron chi connectivity index (χ2n) is 8.45. The highest BCUT2D eigenvalue weighted by atomic mass is 35.5. The van der Waals surface area contributed by atoms with E-state index in [0.29, 0.717) is 22.8 Å². The Bertz CT molecular complexity index is 1180. The standard InChI is InChI=1S/C25H26ClFN2O6/c1-3-34-14-25(2,24(32)33)13-18(28-23(31)21-12-22(30)29-35-21)10-15-4-6-16(7-5-15)19-11-17(26)8-9-20(19)27/h4-9,11-12,18H,3,10,13-14H2,1-2H3,(H,28,31)(H,29,30)(H,32,33)/t18-,25+/m1/s1. The Morgan fingerprint density at radius 3 is 2.54 bits per heavy atom. The zero-order chi connectivity index (χ0) is 25.6. The van der Waals surface area contributed by atoms with Crippen LogP contribution < -0.4 is 5.32 Å². The first-order valence-corrected chi connectivity index (χ1v) is 11.3. The molecule has 0 aliphatic heterocycles. The molecule has 1 aromatic heterocycles. The molecule has 3 N–H and O–H groups in total. The number of ether oxygens (including phenoxy) is 1. The predicted molar refractivity (Wildman–Crippen MR) is 127 cm³/mol. The van der Waals surface area contributed by atoms with Crippen molar-refractivity contribution in [1.29, 1.82) is 0 Å². The lowest BCUT2D eigenvalue weighted by molar-refractivity contribution is -0.152. The number of carbonyl (C=O) groups excluding carboxylic acids is 1. The number of carboxylic acid groups (broad SMARTS) is 1. The quantitative estimate of drug-likeness (QED) is 0.346. The van der Waals surface area contributed by atoms with Gasteiger partial charge in [-0.1, -0.05) is 35.9 Å². The van der Waals surface area contributed by atoms with Crippen molar-refractivity contribution in [2.45, 2.75) is 32.7 Å². The summed E-state index contributed by atoms with van der Waals surface area (Å²) in [5.74, 6) is -2.77. The minimum Gasteiger partial charge on any atom is -0.491 e. The lowest BCUT2D eigenvalue weighted by Crippen LogP contribution is -2.44. The molecular formula is C25H26ClFN2O6. The van der Waals surface area contributed by atoms with Crippen LogP contribution in [-0.4, -0.2) is 46.5 Å². The number of hydrogen-bond donors (Lipinski definition) is 3. The lowest BCUT2D eigenvalue weighted by atomic mass is 9.82. The van der Waals surface area contributed by atoms with Crippen LogP contribution in [0.3, 0.4) is 0 Å². The number of hydrogen-bond acceptors (Lipinski definition) is 6. The number of aromatic nitrogens is 1. The lowest BCUT2D eigenvalue weighted by Gasteiger charge is -2.30. The number of aromatic hydroxyl groups is 1. The SMILES string of the molecule is CCOC[C@](C)(C[C@@H](Cc1ccc(-c2cc(Cl)ccc2F)cc1)NC(=O)c1cc(O)no1)C(=O)O. The van der Waals surface area contributed by atoms with Crippen LogP contribution >= 0.6 is 11.6 Å². The van der Waals surface area contributed by atoms with Crippen molar-refractivity contribution in [2.24, 2.45) is 5.41 Å². The third-order valence-corrected chi connectivity index (χ3v) is 5.81. The fourth-order valence-corrected chi connectivity index (χ4v) is 3.88. The fourth-order valence-electron chi connectivity index (χ4n) is 3.71. The molecule has 0 saturated carbocycles. The van der Waals surface area contributed by atoms with E-state index in [-0.39, 0.29) is 25.2 Å². The summed E-state index contributed by atoms with van der Waals surface area (Å²) >= 11 is 6.00. The van der Waals surface area contributed by atoms with E-state index in [2.05, 4.69) is 10.5 Å². The molecular weight excluding hydrogens is 479 g/mol. The van der Waals surface area contributed by atoms with Gasteiger partial charge in [-0.05, 0) is 61.2 Å². The molecule has 0 aliphatic carbocycles. The second kappa shape index (κ2) is 11.3. The summed E-state index contributed by atoms with van der Waals surface area (Å²) in [6.45, 7) is 3.62. The molecule has 0 saturated heterocycles. The van der Waals surface area contributed by atoms with E-state index in [1.54, 1.807) is 38.1 Å². The van der Waals surface area contributed by atoms with Crippen LogP contribution in [0, 0.1) is 11.2 Å². The van der Waals surface area contributed by atoms with Gasteiger partial charge >= 0.3 is 5.97 Å². The Kier molecular flexibility index (Phi) is 8.48. The number of carboxylic acids is 1. The number of amides is 1. The van der Waals surface area contributed by atoms with Gasteiger partial charge in [0.2, 0.25) is 5.76 Å². The van der Waals surface area contributed by atoms with Crippen LogP contribution in [0.2, 0.25) is 5.02 Å². The molecule has 8 nitrogen and oxygen atoms in total. The number of halogens is 2. The molecule has 1 heterocycles. The molecule has 0 radical (unpaired) electrons. The molecule has 0 fully saturated rings. The average Bonchev–Trinajstić information content (AvgIpc) is 3.26. The monoisotopic (exact) mass is 504 g/mol. The van der Waals surface area contributed by atoms with E-state index in [0.717, 1.165) is 11.6 Å². The molecule has 0 bridgehead atoms. The smallest absolute Gasteiger partial charge is 0.311 e. The van der Waals surface area contributed by atoms with E-state index in [1.807, 2.05) is 0 Å². The third kappa shape index (κ3) is 6.80. The minimum atomic E-state index is -1.28. The summed E-state index contributed by atoms with van der Waals surface area (Å²) < 4.78 is 24.4. The molecule has 0 unspecified atom stereocenters. The van der Waals surface area contributed by atoms with Crippen molar-refractivity contribution in [1.82, 2.24) is 10.5 Å². The summed E-state index contributed by atoms with van der Waals surface area (Å²) in [4.78, 5) is 24.7. The minimum absolute atomic E-state index is 0.0404. The maximum absolute atomic E-state index is 14.2. The normalized spacial score (nSPS) is 13.7. The van der Waals surface area contributed by atoms with Gasteiger partial charge in [-0.2, -0.15) is 0 Å². The number of rotatable bonds is 11. The molecule has 3 aromatic rings. The largest absolute Gasteiger partial charge is 0.491 e. The zero-order valence-corrected chi connectivity index (χ0v) is 20.0. The number of nitrogens with zero attached hydrogens (tertiary/aromatic N) is 1. The van der Waals surface area contributed by atoms with Gasteiger partial charge in [-0.15, -0.1) is 0 Å². The molecule has 2 atom stereocenters. The van der Waals surface area contributed by atoms with Crippen molar-refractivity contribution >= 4 is 23.5 Å². The van der Waals surface area contributed by atoms with E-state index in [9.17, 15) is 24.2 Å². The highest BCUT2D eigenvalue weighted by Gasteiger charge is 2.37. The summed E-state index contributed by atoms with van der Waals surface area (Å²) in [6, 6.07) is 11.7. The van der Waals surface area contributed by atoms with Gasteiger partial charge in [-0.3, -0.25) is 9.59 Å². The average molecular weight is 505 g/mol. The first kappa shape index (κ1) is 26.2. The Balaban J connectivity index is 1.84. The summed E-state index contributed by atoms with van der Waals surface area (Å²) in [5, 5.41) is 25.7. The maximum Gasteiger partial charge on any atom is 0.311 e. The van der Waals surface area contributed by atoms with Crippen LogP contribution in [0.1, 0.15) is 36.4 Å². The highest BCUT2D eigenvalue weighted by molar-refractivity contribution is 6.30. The first-order chi connectivity index (χ1) is 16.6. The topological polar surface area (TPSA) is 122 Å². The third-order valence-electron chi connectivity index (χ3n) is 5.57. The molecule has 1 amide bonds. The fraction of sp³-hybridized carbons (Fsp3) is 0.320. The molecule has 2 aromatic carbocycles. The van der Waals surface area contributed by atoms with Gasteiger partial charge in [0.05, 0.1) is 18.1 Å². The predicted octanol–water partition coefficient (Wildman–Crippen LogP) is 4.70. The molecule has 186 valence electrons. The Morgan fingerprint density at radius 1 is 1.23 bits per heavy atom. The number of benzene rings is 2. The molecule has 0 aliphatic rings. The summed E-state index contributed by atoms with van der Waals surface area (Å²) in [7, 11) is 0. The van der Waals surface area contributed by atoms with Crippen molar-refractivity contribution in [3.05, 3.63) is 70.7 Å². The van der Waals surface area contributed by atoms with E-state index >= 15 is 0 Å². The maximum atomic E-state index is 14.2. The molecule has 3 rings (SSSR count). The Labute approximate surface area is 206 Å². The Morgan fingerprint density at radius 2 is 1.94 bits per heavy atom. The zero-order valence-electron chi connectivity index (χ0n) is 19.3. The number of aliphatic carboxylic acids is 1. The molecule has 35 heavy (non-hydrogen) atoms. The number of nitrogens with one attached hydrogen (secondary N) is 1. The van der Waals surface area contributed by atoms with Gasteiger partial charge in [-0.25, -0.2) is 4.39 Å². The molecule has 10 heteroatoms. The van der Waals surface area contributed by atoms with E-state index in [1.165, 1.54) is 18.2 Å². The molecule has 0 spiro atoms. The van der Waals surface area contributed by atoms with Crippen molar-refractivity contribution in [2.75, 3.05) is 13.2 Å². The highest BCUT2D eigenvalue weighted by Crippen LogP contribution is 2.29. The van der Waals surface area contributed by atoms with Crippen LogP contribution in [-0.2, 0) is 16.0 Å². The first-order valence-electron chi connectivity index (χ1n) is 10.9. The van der Waals surface area contributed by atoms with Gasteiger partial charge in [0.15, 0.2) is 0 Å². The van der Waals surface area contributed by atoms with E-state index < -0.39 is 35.0 Å². The van der Waals surface area contributed by atoms with Crippen LogP contribution in [0.4, 0.5) is 4.39 Å². The Hall–Kier alpha value is -3.43. The van der Waals surface area contributed by atoms with Crippen molar-refractivity contribution in [3.63, 3.8) is 0 Å². The second-order valence-corrected chi connectivity index (χ2v) is 8.89. The summed E-state index contributed by atoms with van der Waals surface area (Å²) in [6.07, 6.45) is 0.331. The van der Waals surface area contributed by atoms with E-state index in [4.69, 9.17) is 20.9 Å². The van der Waals surface area contributed by atoms with Gasteiger partial charge < -0.3 is 24.8 Å². The van der Waals surface area contributed by atoms with Crippen LogP contribution in [0.25, 0.3) is 11.1 Å². The van der Waals surface area contributed by atoms with Crippen molar-refractivity contribution < 1.29 is 33.5 Å². The summed E-state index contributed by atoms with van der Waals surface area (Å²) in [5.41, 5.74) is 0.486. The van der Waals surface area contributed by atoms with Gasteiger partial charge in [0, 0.05) is 23.2 Å².